The smallest absolute Gasteiger partial charge is 0.224 e. The van der Waals surface area contributed by atoms with Gasteiger partial charge in [0.2, 0.25) is 5.91 Å². The molecule has 0 spiro atoms. The first kappa shape index (κ1) is 13.2. The monoisotopic (exact) mass is 224 g/mol. The fraction of sp³-hybridized carbons (Fsp3) is 0.769. The van der Waals surface area contributed by atoms with Crippen molar-refractivity contribution in [2.45, 2.75) is 39.5 Å². The molecule has 3 nitrogen and oxygen atoms in total. The van der Waals surface area contributed by atoms with Crippen LogP contribution in [0, 0.1) is 5.92 Å². The number of carbonyl (C=O) groups excluding carboxylic acids is 1. The highest BCUT2D eigenvalue weighted by Gasteiger charge is 2.11. The van der Waals surface area contributed by atoms with Crippen molar-refractivity contribution in [3.05, 3.63) is 11.6 Å². The van der Waals surface area contributed by atoms with Gasteiger partial charge in [-0.3, -0.25) is 4.79 Å². The lowest BCUT2D eigenvalue weighted by molar-refractivity contribution is -0.124. The van der Waals surface area contributed by atoms with E-state index in [2.05, 4.69) is 23.6 Å². The van der Waals surface area contributed by atoms with Crippen LogP contribution in [-0.4, -0.2) is 25.5 Å². The van der Waals surface area contributed by atoms with Gasteiger partial charge in [-0.2, -0.15) is 0 Å². The van der Waals surface area contributed by atoms with Crippen molar-refractivity contribution in [2.75, 3.05) is 19.6 Å². The minimum atomic E-state index is 0.0671. The highest BCUT2D eigenvalue weighted by atomic mass is 16.1. The van der Waals surface area contributed by atoms with E-state index in [4.69, 9.17) is 0 Å². The van der Waals surface area contributed by atoms with E-state index in [1.165, 1.54) is 24.8 Å². The van der Waals surface area contributed by atoms with E-state index in [-0.39, 0.29) is 11.8 Å². The van der Waals surface area contributed by atoms with Gasteiger partial charge in [-0.1, -0.05) is 25.5 Å². The molecule has 1 aliphatic rings. The van der Waals surface area contributed by atoms with Crippen LogP contribution < -0.4 is 10.6 Å². The van der Waals surface area contributed by atoms with E-state index in [0.717, 1.165) is 26.1 Å². The van der Waals surface area contributed by atoms with Crippen molar-refractivity contribution in [1.82, 2.24) is 10.6 Å². The third-order valence-corrected chi connectivity index (χ3v) is 3.03. The second-order valence-electron chi connectivity index (χ2n) is 4.50. The first-order chi connectivity index (χ1) is 7.74. The van der Waals surface area contributed by atoms with Gasteiger partial charge in [0, 0.05) is 19.0 Å². The Morgan fingerprint density at radius 3 is 3.00 bits per heavy atom. The van der Waals surface area contributed by atoms with Crippen molar-refractivity contribution >= 4 is 5.91 Å². The molecule has 0 fully saturated rings. The second-order valence-corrected chi connectivity index (χ2v) is 4.50. The topological polar surface area (TPSA) is 41.1 Å². The second kappa shape index (κ2) is 7.44. The van der Waals surface area contributed by atoms with E-state index in [1.807, 2.05) is 6.92 Å². The first-order valence-electron chi connectivity index (χ1n) is 6.40. The molecule has 0 aromatic rings. The van der Waals surface area contributed by atoms with Gasteiger partial charge in [-0.05, 0) is 32.2 Å². The Morgan fingerprint density at radius 2 is 2.38 bits per heavy atom. The van der Waals surface area contributed by atoms with Crippen molar-refractivity contribution in [3.8, 4) is 0 Å². The molecular formula is C13H24N2O. The summed E-state index contributed by atoms with van der Waals surface area (Å²) in [7, 11) is 0. The van der Waals surface area contributed by atoms with Gasteiger partial charge < -0.3 is 10.6 Å². The Hall–Kier alpha value is -0.830. The van der Waals surface area contributed by atoms with Crippen molar-refractivity contribution in [1.29, 1.82) is 0 Å². The molecule has 0 saturated heterocycles. The summed E-state index contributed by atoms with van der Waals surface area (Å²) in [5.74, 6) is 0.233. The van der Waals surface area contributed by atoms with Gasteiger partial charge in [0.25, 0.3) is 0 Å². The minimum absolute atomic E-state index is 0.0671. The Kier molecular flexibility index (Phi) is 6.16. The largest absolute Gasteiger partial charge is 0.356 e. The van der Waals surface area contributed by atoms with Gasteiger partial charge >= 0.3 is 0 Å². The van der Waals surface area contributed by atoms with Crippen LogP contribution in [0.3, 0.4) is 0 Å². The van der Waals surface area contributed by atoms with Crippen LogP contribution in [0.25, 0.3) is 0 Å². The van der Waals surface area contributed by atoms with Crippen molar-refractivity contribution in [3.63, 3.8) is 0 Å². The predicted molar refractivity (Wildman–Crippen MR) is 67.3 cm³/mol. The molecule has 2 N–H and O–H groups in total. The highest BCUT2D eigenvalue weighted by molar-refractivity contribution is 5.78. The number of hydrogen-bond acceptors (Lipinski definition) is 2. The molecular weight excluding hydrogens is 200 g/mol. The fourth-order valence-corrected chi connectivity index (χ4v) is 1.94. The van der Waals surface area contributed by atoms with Crippen molar-refractivity contribution < 1.29 is 4.79 Å². The van der Waals surface area contributed by atoms with E-state index < -0.39 is 0 Å². The predicted octanol–water partition coefficient (Wildman–Crippen LogP) is 1.85. The number of rotatable bonds is 7. The minimum Gasteiger partial charge on any atom is -0.356 e. The maximum Gasteiger partial charge on any atom is 0.224 e. The van der Waals surface area contributed by atoms with Gasteiger partial charge in [0.15, 0.2) is 0 Å². The number of allylic oxidation sites excluding steroid dienone is 1. The van der Waals surface area contributed by atoms with Crippen LogP contribution in [0.1, 0.15) is 39.5 Å². The molecule has 1 amide bonds. The van der Waals surface area contributed by atoms with Crippen LogP contribution in [0.15, 0.2) is 11.6 Å². The van der Waals surface area contributed by atoms with E-state index in [1.54, 1.807) is 0 Å². The summed E-state index contributed by atoms with van der Waals surface area (Å²) in [6.45, 7) is 6.50. The van der Waals surface area contributed by atoms with Crippen LogP contribution in [0.4, 0.5) is 0 Å². The average molecular weight is 224 g/mol. The molecule has 1 atom stereocenters. The molecule has 0 aromatic carbocycles. The molecule has 1 rings (SSSR count). The zero-order valence-corrected chi connectivity index (χ0v) is 10.5. The molecule has 1 aliphatic carbocycles. The fourth-order valence-electron chi connectivity index (χ4n) is 1.94. The van der Waals surface area contributed by atoms with Crippen LogP contribution in [-0.2, 0) is 4.79 Å². The molecule has 0 radical (unpaired) electrons. The molecule has 0 saturated carbocycles. The van der Waals surface area contributed by atoms with Crippen molar-refractivity contribution in [2.24, 2.45) is 5.92 Å². The highest BCUT2D eigenvalue weighted by Crippen LogP contribution is 2.19. The summed E-state index contributed by atoms with van der Waals surface area (Å²) in [5, 5.41) is 6.19. The molecule has 92 valence electrons. The number of carbonyl (C=O) groups is 1. The SMILES string of the molecule is CCNCC(C)C(=O)NCCC1=CCCC1. The average Bonchev–Trinajstić information content (AvgIpc) is 2.78. The maximum atomic E-state index is 11.7. The third kappa shape index (κ3) is 4.79. The lowest BCUT2D eigenvalue weighted by Gasteiger charge is -2.12. The summed E-state index contributed by atoms with van der Waals surface area (Å²) in [6, 6.07) is 0. The molecule has 3 heteroatoms. The maximum absolute atomic E-state index is 11.7. The lowest BCUT2D eigenvalue weighted by Crippen LogP contribution is -2.35. The number of hydrogen-bond donors (Lipinski definition) is 2. The Labute approximate surface area is 98.7 Å². The van der Waals surface area contributed by atoms with E-state index in [9.17, 15) is 4.79 Å². The van der Waals surface area contributed by atoms with Gasteiger partial charge in [0.1, 0.15) is 0 Å². The molecule has 0 bridgehead atoms. The molecule has 16 heavy (non-hydrogen) atoms. The normalized spacial score (nSPS) is 17.0. The lowest BCUT2D eigenvalue weighted by atomic mass is 10.1. The first-order valence-corrected chi connectivity index (χ1v) is 6.40. The standard InChI is InChI=1S/C13H24N2O/c1-3-14-10-11(2)13(16)15-9-8-12-6-4-5-7-12/h6,11,14H,3-5,7-10H2,1-2H3,(H,15,16). The van der Waals surface area contributed by atoms with Crippen LogP contribution >= 0.6 is 0 Å². The Balaban J connectivity index is 2.09. The summed E-state index contributed by atoms with van der Waals surface area (Å²) < 4.78 is 0. The summed E-state index contributed by atoms with van der Waals surface area (Å²) >= 11 is 0. The molecule has 0 aromatic heterocycles. The molecule has 0 heterocycles. The zero-order chi connectivity index (χ0) is 11.8. The Bertz CT molecular complexity index is 248. The number of amides is 1. The van der Waals surface area contributed by atoms with E-state index in [0.29, 0.717) is 0 Å². The Morgan fingerprint density at radius 1 is 1.56 bits per heavy atom. The van der Waals surface area contributed by atoms with E-state index >= 15 is 0 Å². The third-order valence-electron chi connectivity index (χ3n) is 3.03. The van der Waals surface area contributed by atoms with Crippen LogP contribution in [0.5, 0.6) is 0 Å². The molecule has 0 aliphatic heterocycles. The van der Waals surface area contributed by atoms with Gasteiger partial charge in [-0.15, -0.1) is 0 Å². The summed E-state index contributed by atoms with van der Waals surface area (Å²) in [5.41, 5.74) is 1.51. The quantitative estimate of drug-likeness (QED) is 0.648. The van der Waals surface area contributed by atoms with Gasteiger partial charge in [-0.25, -0.2) is 0 Å². The van der Waals surface area contributed by atoms with Crippen LogP contribution in [0.2, 0.25) is 0 Å². The number of nitrogens with one attached hydrogen (secondary N) is 2. The molecule has 1 unspecified atom stereocenters. The summed E-state index contributed by atoms with van der Waals surface area (Å²) in [6.07, 6.45) is 7.08. The van der Waals surface area contributed by atoms with Gasteiger partial charge in [0.05, 0.1) is 0 Å². The summed E-state index contributed by atoms with van der Waals surface area (Å²) in [4.78, 5) is 11.7. The zero-order valence-electron chi connectivity index (χ0n) is 10.5.